The molecule has 98 valence electrons. The summed E-state index contributed by atoms with van der Waals surface area (Å²) in [6.07, 6.45) is 3.78. The lowest BCUT2D eigenvalue weighted by atomic mass is 10.2. The van der Waals surface area contributed by atoms with E-state index in [0.29, 0.717) is 17.5 Å². The van der Waals surface area contributed by atoms with E-state index in [9.17, 15) is 4.79 Å². The number of nitrogens with one attached hydrogen (secondary N) is 2. The Morgan fingerprint density at radius 2 is 2.28 bits per heavy atom. The number of amides is 1. The Kier molecular flexibility index (Phi) is 3.84. The number of hydrogen-bond donors (Lipinski definition) is 2. The van der Waals surface area contributed by atoms with Crippen LogP contribution in [0.1, 0.15) is 42.7 Å². The second-order valence-corrected chi connectivity index (χ2v) is 5.09. The third kappa shape index (κ3) is 3.00. The summed E-state index contributed by atoms with van der Waals surface area (Å²) in [7, 11) is 0. The van der Waals surface area contributed by atoms with Crippen molar-refractivity contribution in [2.45, 2.75) is 39.7 Å². The van der Waals surface area contributed by atoms with Crippen LogP contribution in [0.4, 0.5) is 5.69 Å². The van der Waals surface area contributed by atoms with E-state index in [0.717, 1.165) is 30.8 Å². The zero-order valence-corrected chi connectivity index (χ0v) is 11.3. The fourth-order valence-corrected chi connectivity index (χ4v) is 1.92. The summed E-state index contributed by atoms with van der Waals surface area (Å²) in [5.74, 6) is 0.592. The third-order valence-electron chi connectivity index (χ3n) is 3.28. The highest BCUT2D eigenvalue weighted by Crippen LogP contribution is 2.29. The molecule has 2 N–H and O–H groups in total. The summed E-state index contributed by atoms with van der Waals surface area (Å²) >= 11 is 0. The van der Waals surface area contributed by atoms with E-state index in [-0.39, 0.29) is 5.91 Å². The van der Waals surface area contributed by atoms with E-state index < -0.39 is 0 Å². The van der Waals surface area contributed by atoms with Crippen LogP contribution < -0.4 is 10.6 Å². The van der Waals surface area contributed by atoms with Crippen molar-refractivity contribution in [3.05, 3.63) is 23.5 Å². The molecule has 1 saturated carbocycles. The van der Waals surface area contributed by atoms with Crippen molar-refractivity contribution in [2.24, 2.45) is 5.92 Å². The van der Waals surface area contributed by atoms with Gasteiger partial charge in [-0.2, -0.15) is 0 Å². The maximum atomic E-state index is 12.1. The van der Waals surface area contributed by atoms with Crippen molar-refractivity contribution < 1.29 is 4.79 Å². The van der Waals surface area contributed by atoms with Gasteiger partial charge in [-0.05, 0) is 31.7 Å². The molecular formula is C14H21N3O. The van der Waals surface area contributed by atoms with Crippen molar-refractivity contribution in [2.75, 3.05) is 11.9 Å². The molecule has 2 rings (SSSR count). The molecule has 1 fully saturated rings. The van der Waals surface area contributed by atoms with Crippen LogP contribution in [0.15, 0.2) is 12.3 Å². The monoisotopic (exact) mass is 247 g/mol. The van der Waals surface area contributed by atoms with E-state index in [1.165, 1.54) is 0 Å². The minimum absolute atomic E-state index is 0.0181. The van der Waals surface area contributed by atoms with Crippen LogP contribution in [0.2, 0.25) is 0 Å². The number of aromatic nitrogens is 1. The van der Waals surface area contributed by atoms with Gasteiger partial charge in [-0.25, -0.2) is 0 Å². The van der Waals surface area contributed by atoms with Crippen molar-refractivity contribution in [3.8, 4) is 0 Å². The highest BCUT2D eigenvalue weighted by molar-refractivity contribution is 5.99. The second-order valence-electron chi connectivity index (χ2n) is 5.09. The molecule has 2 unspecified atom stereocenters. The van der Waals surface area contributed by atoms with Gasteiger partial charge < -0.3 is 10.6 Å². The number of pyridine rings is 1. The molecule has 1 aliphatic carbocycles. The van der Waals surface area contributed by atoms with Gasteiger partial charge in [0.25, 0.3) is 5.91 Å². The first-order valence-corrected chi connectivity index (χ1v) is 6.63. The first-order chi connectivity index (χ1) is 8.61. The largest absolute Gasteiger partial charge is 0.384 e. The van der Waals surface area contributed by atoms with E-state index in [1.807, 2.05) is 13.0 Å². The van der Waals surface area contributed by atoms with E-state index in [1.54, 1.807) is 6.20 Å². The lowest BCUT2D eigenvalue weighted by Crippen LogP contribution is -2.27. The number of anilines is 1. The van der Waals surface area contributed by atoms with Crippen molar-refractivity contribution in [3.63, 3.8) is 0 Å². The number of nitrogens with zero attached hydrogens (tertiary/aromatic N) is 1. The number of carbonyl (C=O) groups is 1. The maximum absolute atomic E-state index is 12.1. The van der Waals surface area contributed by atoms with E-state index in [2.05, 4.69) is 29.5 Å². The first-order valence-electron chi connectivity index (χ1n) is 6.63. The van der Waals surface area contributed by atoms with Crippen LogP contribution in [-0.4, -0.2) is 23.5 Å². The van der Waals surface area contributed by atoms with Crippen LogP contribution in [0.5, 0.6) is 0 Å². The molecule has 0 aromatic carbocycles. The molecule has 1 aliphatic rings. The molecule has 1 aromatic rings. The topological polar surface area (TPSA) is 54.0 Å². The molecule has 1 heterocycles. The number of rotatable bonds is 5. The van der Waals surface area contributed by atoms with Gasteiger partial charge in [-0.15, -0.1) is 0 Å². The van der Waals surface area contributed by atoms with Gasteiger partial charge in [0.05, 0.1) is 11.3 Å². The summed E-state index contributed by atoms with van der Waals surface area (Å²) in [5, 5.41) is 6.33. The molecular weight excluding hydrogens is 226 g/mol. The average Bonchev–Trinajstić information content (AvgIpc) is 3.02. The van der Waals surface area contributed by atoms with Crippen LogP contribution in [0, 0.1) is 12.8 Å². The molecule has 0 radical (unpaired) electrons. The molecule has 1 aromatic heterocycles. The van der Waals surface area contributed by atoms with Crippen LogP contribution in [0.3, 0.4) is 0 Å². The van der Waals surface area contributed by atoms with Gasteiger partial charge in [0.15, 0.2) is 0 Å². The smallest absolute Gasteiger partial charge is 0.255 e. The van der Waals surface area contributed by atoms with Crippen LogP contribution >= 0.6 is 0 Å². The lowest BCUT2D eigenvalue weighted by Gasteiger charge is -2.12. The molecule has 4 nitrogen and oxygen atoms in total. The minimum Gasteiger partial charge on any atom is -0.384 e. The molecule has 0 spiro atoms. The van der Waals surface area contributed by atoms with Gasteiger partial charge in [-0.3, -0.25) is 9.78 Å². The summed E-state index contributed by atoms with van der Waals surface area (Å²) in [6, 6.07) is 2.28. The molecule has 4 heteroatoms. The Hall–Kier alpha value is -1.58. The van der Waals surface area contributed by atoms with Crippen molar-refractivity contribution in [1.29, 1.82) is 0 Å². The Labute approximate surface area is 108 Å². The number of aryl methyl sites for hydroxylation is 1. The predicted molar refractivity (Wildman–Crippen MR) is 72.8 cm³/mol. The highest BCUT2D eigenvalue weighted by Gasteiger charge is 2.34. The predicted octanol–water partition coefficient (Wildman–Crippen LogP) is 2.35. The Balaban J connectivity index is 2.11. The Morgan fingerprint density at radius 1 is 1.56 bits per heavy atom. The van der Waals surface area contributed by atoms with E-state index in [4.69, 9.17) is 0 Å². The van der Waals surface area contributed by atoms with Crippen LogP contribution in [0.25, 0.3) is 0 Å². The molecule has 0 saturated heterocycles. The fraction of sp³-hybridized carbons (Fsp3) is 0.571. The zero-order valence-electron chi connectivity index (χ0n) is 11.3. The van der Waals surface area contributed by atoms with Gasteiger partial charge in [0.1, 0.15) is 0 Å². The quantitative estimate of drug-likeness (QED) is 0.839. The summed E-state index contributed by atoms with van der Waals surface area (Å²) in [6.45, 7) is 7.05. The normalized spacial score (nSPS) is 21.5. The van der Waals surface area contributed by atoms with E-state index >= 15 is 0 Å². The highest BCUT2D eigenvalue weighted by atomic mass is 16.1. The minimum atomic E-state index is -0.0181. The molecule has 1 amide bonds. The van der Waals surface area contributed by atoms with Gasteiger partial charge >= 0.3 is 0 Å². The third-order valence-corrected chi connectivity index (χ3v) is 3.28. The summed E-state index contributed by atoms with van der Waals surface area (Å²) < 4.78 is 0. The zero-order chi connectivity index (χ0) is 13.1. The summed E-state index contributed by atoms with van der Waals surface area (Å²) in [4.78, 5) is 16.4. The standard InChI is InChI=1S/C14H21N3O/c1-4-5-15-13-7-10(3)16-8-11(13)14(18)17-12-6-9(12)2/h7-9,12H,4-6H2,1-3H3,(H,15,16)(H,17,18). The lowest BCUT2D eigenvalue weighted by molar-refractivity contribution is 0.0950. The Bertz CT molecular complexity index is 445. The van der Waals surface area contributed by atoms with Crippen LogP contribution in [-0.2, 0) is 0 Å². The van der Waals surface area contributed by atoms with Gasteiger partial charge in [0, 0.05) is 24.5 Å². The Morgan fingerprint density at radius 3 is 2.89 bits per heavy atom. The molecule has 0 aliphatic heterocycles. The molecule has 0 bridgehead atoms. The maximum Gasteiger partial charge on any atom is 0.255 e. The number of hydrogen-bond acceptors (Lipinski definition) is 3. The second kappa shape index (κ2) is 5.38. The molecule has 2 atom stereocenters. The van der Waals surface area contributed by atoms with Crippen molar-refractivity contribution >= 4 is 11.6 Å². The first kappa shape index (κ1) is 12.9. The average molecular weight is 247 g/mol. The molecule has 18 heavy (non-hydrogen) atoms. The van der Waals surface area contributed by atoms with Gasteiger partial charge in [-0.1, -0.05) is 13.8 Å². The fourth-order valence-electron chi connectivity index (χ4n) is 1.92. The number of carbonyl (C=O) groups excluding carboxylic acids is 1. The van der Waals surface area contributed by atoms with Crippen molar-refractivity contribution in [1.82, 2.24) is 10.3 Å². The van der Waals surface area contributed by atoms with Gasteiger partial charge in [0.2, 0.25) is 0 Å². The summed E-state index contributed by atoms with van der Waals surface area (Å²) in [5.41, 5.74) is 2.45. The SMILES string of the molecule is CCCNc1cc(C)ncc1C(=O)NC1CC1C.